The molecular weight excluding hydrogens is 470 g/mol. The summed E-state index contributed by atoms with van der Waals surface area (Å²) in [6, 6.07) is 25.2. The quantitative estimate of drug-likeness (QED) is 0.233. The Morgan fingerprint density at radius 2 is 1.64 bits per heavy atom. The van der Waals surface area contributed by atoms with Gasteiger partial charge in [0.25, 0.3) is 5.91 Å². The zero-order valence-electron chi connectivity index (χ0n) is 19.7. The van der Waals surface area contributed by atoms with Gasteiger partial charge in [-0.1, -0.05) is 66.7 Å². The number of carbonyl (C=O) groups is 3. The number of carbonyl (C=O) groups excluding carboxylic acids is 3. The van der Waals surface area contributed by atoms with Gasteiger partial charge in [0.05, 0.1) is 5.75 Å². The molecule has 1 heterocycles. The number of hydrogen-bond acceptors (Lipinski definition) is 5. The fourth-order valence-electron chi connectivity index (χ4n) is 5.32. The van der Waals surface area contributed by atoms with Gasteiger partial charge in [-0.2, -0.15) is 0 Å². The number of fused-ring (bicyclic) bond motifs is 3. The molecule has 6 rings (SSSR count). The van der Waals surface area contributed by atoms with E-state index >= 15 is 0 Å². The molecule has 5 nitrogen and oxygen atoms in total. The van der Waals surface area contributed by atoms with Crippen molar-refractivity contribution in [2.24, 2.45) is 0 Å². The molecule has 0 saturated carbocycles. The minimum Gasteiger partial charge on any atom is -0.455 e. The molecule has 1 aliphatic carbocycles. The number of benzene rings is 4. The third-order valence-electron chi connectivity index (χ3n) is 6.89. The van der Waals surface area contributed by atoms with Crippen LogP contribution < -0.4 is 4.90 Å². The standard InChI is InChI=1S/C30H23NO4S/c1-18-15-19-7-2-5-12-25(19)31(18)27(32)16-35-28(33)17-36-26-14-13-21-20-8-3-4-9-22(20)30(34)24-11-6-10-23(26)29(21)24/h2-14,18H,15-17H2,1H3/t18-/m1/s1. The summed E-state index contributed by atoms with van der Waals surface area (Å²) in [5.74, 6) is -0.579. The van der Waals surface area contributed by atoms with Crippen LogP contribution in [0.1, 0.15) is 28.4 Å². The zero-order valence-corrected chi connectivity index (χ0v) is 20.5. The Labute approximate surface area is 213 Å². The molecule has 4 aromatic rings. The van der Waals surface area contributed by atoms with Crippen molar-refractivity contribution in [2.75, 3.05) is 17.3 Å². The summed E-state index contributed by atoms with van der Waals surface area (Å²) in [6.07, 6.45) is 0.795. The van der Waals surface area contributed by atoms with Crippen molar-refractivity contribution in [1.29, 1.82) is 0 Å². The monoisotopic (exact) mass is 493 g/mol. The Bertz CT molecular complexity index is 1560. The first-order valence-corrected chi connectivity index (χ1v) is 12.9. The van der Waals surface area contributed by atoms with Crippen molar-refractivity contribution in [1.82, 2.24) is 0 Å². The first-order chi connectivity index (χ1) is 17.5. The van der Waals surface area contributed by atoms with Gasteiger partial charge in [-0.15, -0.1) is 11.8 Å². The van der Waals surface area contributed by atoms with Crippen LogP contribution in [0.5, 0.6) is 0 Å². The smallest absolute Gasteiger partial charge is 0.316 e. The van der Waals surface area contributed by atoms with E-state index in [0.29, 0.717) is 11.1 Å². The molecule has 0 unspecified atom stereocenters. The van der Waals surface area contributed by atoms with Crippen LogP contribution in [-0.2, 0) is 20.7 Å². The van der Waals surface area contributed by atoms with E-state index in [0.717, 1.165) is 44.5 Å². The average molecular weight is 494 g/mol. The Hall–Kier alpha value is -3.90. The Morgan fingerprint density at radius 3 is 2.50 bits per heavy atom. The lowest BCUT2D eigenvalue weighted by atomic mass is 9.83. The van der Waals surface area contributed by atoms with E-state index < -0.39 is 5.97 Å². The molecule has 0 bridgehead atoms. The molecule has 4 aromatic carbocycles. The molecular formula is C30H23NO4S. The van der Waals surface area contributed by atoms with Crippen molar-refractivity contribution in [2.45, 2.75) is 24.3 Å². The lowest BCUT2D eigenvalue weighted by molar-refractivity contribution is -0.145. The first kappa shape index (κ1) is 22.6. The molecule has 2 aliphatic rings. The van der Waals surface area contributed by atoms with Crippen LogP contribution in [0.15, 0.2) is 83.8 Å². The second kappa shape index (κ2) is 8.95. The fourth-order valence-corrected chi connectivity index (χ4v) is 6.16. The highest BCUT2D eigenvalue weighted by molar-refractivity contribution is 8.00. The van der Waals surface area contributed by atoms with Crippen LogP contribution in [0, 0.1) is 0 Å². The van der Waals surface area contributed by atoms with Crippen LogP contribution in [0.4, 0.5) is 5.69 Å². The normalized spacial score (nSPS) is 15.5. The maximum Gasteiger partial charge on any atom is 0.316 e. The topological polar surface area (TPSA) is 63.7 Å². The number of thioether (sulfide) groups is 1. The van der Waals surface area contributed by atoms with E-state index in [4.69, 9.17) is 4.74 Å². The van der Waals surface area contributed by atoms with Gasteiger partial charge in [-0.05, 0) is 47.6 Å². The maximum absolute atomic E-state index is 13.1. The number of para-hydroxylation sites is 1. The average Bonchev–Trinajstić information content (AvgIpc) is 3.25. The number of hydrogen-bond donors (Lipinski definition) is 0. The van der Waals surface area contributed by atoms with Crippen LogP contribution in [0.2, 0.25) is 0 Å². The van der Waals surface area contributed by atoms with Crippen molar-refractivity contribution in [3.05, 3.63) is 95.6 Å². The lowest BCUT2D eigenvalue weighted by Gasteiger charge is -2.22. The van der Waals surface area contributed by atoms with Gasteiger partial charge < -0.3 is 9.64 Å². The van der Waals surface area contributed by atoms with Crippen LogP contribution in [-0.4, -0.2) is 36.1 Å². The molecule has 0 N–H and O–H groups in total. The number of amides is 1. The van der Waals surface area contributed by atoms with Crippen LogP contribution in [0.3, 0.4) is 0 Å². The largest absolute Gasteiger partial charge is 0.455 e. The Balaban J connectivity index is 1.17. The van der Waals surface area contributed by atoms with Crippen molar-refractivity contribution in [3.63, 3.8) is 0 Å². The van der Waals surface area contributed by atoms with Crippen molar-refractivity contribution in [3.8, 4) is 11.1 Å². The van der Waals surface area contributed by atoms with Gasteiger partial charge >= 0.3 is 5.97 Å². The molecule has 1 aliphatic heterocycles. The third-order valence-corrected chi connectivity index (χ3v) is 7.93. The number of ether oxygens (including phenoxy) is 1. The highest BCUT2D eigenvalue weighted by Crippen LogP contribution is 2.42. The molecule has 36 heavy (non-hydrogen) atoms. The second-order valence-corrected chi connectivity index (χ2v) is 10.1. The van der Waals surface area contributed by atoms with E-state index in [1.807, 2.05) is 85.8 Å². The minimum atomic E-state index is -0.449. The van der Waals surface area contributed by atoms with Gasteiger partial charge in [0, 0.05) is 33.1 Å². The molecule has 0 radical (unpaired) electrons. The second-order valence-electron chi connectivity index (χ2n) is 9.11. The van der Waals surface area contributed by atoms with E-state index in [1.54, 1.807) is 4.90 Å². The zero-order chi connectivity index (χ0) is 24.8. The summed E-state index contributed by atoms with van der Waals surface area (Å²) >= 11 is 1.35. The van der Waals surface area contributed by atoms with E-state index in [2.05, 4.69) is 0 Å². The SMILES string of the molecule is C[C@@H]1Cc2ccccc2N1C(=O)COC(=O)CSc1ccc2c3c(cccc13)C(=O)c1ccccc1-2. The summed E-state index contributed by atoms with van der Waals surface area (Å²) in [6.45, 7) is 1.71. The third kappa shape index (κ3) is 3.69. The highest BCUT2D eigenvalue weighted by Gasteiger charge is 2.31. The molecule has 1 amide bonds. The number of nitrogens with zero attached hydrogens (tertiary/aromatic N) is 1. The molecule has 0 fully saturated rings. The predicted molar refractivity (Wildman–Crippen MR) is 142 cm³/mol. The Kier molecular flexibility index (Phi) is 5.61. The summed E-state index contributed by atoms with van der Waals surface area (Å²) in [5.41, 5.74) is 5.36. The maximum atomic E-state index is 13.1. The highest BCUT2D eigenvalue weighted by atomic mass is 32.2. The number of esters is 1. The van der Waals surface area contributed by atoms with Crippen molar-refractivity contribution < 1.29 is 19.1 Å². The summed E-state index contributed by atoms with van der Waals surface area (Å²) < 4.78 is 5.35. The lowest BCUT2D eigenvalue weighted by Crippen LogP contribution is -2.38. The van der Waals surface area contributed by atoms with Gasteiger partial charge in [0.15, 0.2) is 12.4 Å². The summed E-state index contributed by atoms with van der Waals surface area (Å²) in [5, 5.41) is 1.85. The summed E-state index contributed by atoms with van der Waals surface area (Å²) in [7, 11) is 0. The predicted octanol–water partition coefficient (Wildman–Crippen LogP) is 5.66. The molecule has 0 saturated heterocycles. The number of rotatable bonds is 5. The molecule has 6 heteroatoms. The van der Waals surface area contributed by atoms with Crippen LogP contribution >= 0.6 is 11.8 Å². The van der Waals surface area contributed by atoms with Crippen LogP contribution in [0.25, 0.3) is 21.9 Å². The fraction of sp³-hybridized carbons (Fsp3) is 0.167. The number of ketones is 1. The van der Waals surface area contributed by atoms with Crippen molar-refractivity contribution >= 4 is 45.9 Å². The molecule has 0 aromatic heterocycles. The molecule has 178 valence electrons. The van der Waals surface area contributed by atoms with Gasteiger partial charge in [0.1, 0.15) is 0 Å². The van der Waals surface area contributed by atoms with Gasteiger partial charge in [-0.3, -0.25) is 14.4 Å². The van der Waals surface area contributed by atoms with E-state index in [-0.39, 0.29) is 30.1 Å². The van der Waals surface area contributed by atoms with Gasteiger partial charge in [-0.25, -0.2) is 0 Å². The molecule has 1 atom stereocenters. The van der Waals surface area contributed by atoms with E-state index in [1.165, 1.54) is 11.8 Å². The van der Waals surface area contributed by atoms with Gasteiger partial charge in [0.2, 0.25) is 0 Å². The number of anilines is 1. The first-order valence-electron chi connectivity index (χ1n) is 11.9. The minimum absolute atomic E-state index is 0.0153. The molecule has 0 spiro atoms. The summed E-state index contributed by atoms with van der Waals surface area (Å²) in [4.78, 5) is 41.1. The Morgan fingerprint density at radius 1 is 0.889 bits per heavy atom. The van der Waals surface area contributed by atoms with E-state index in [9.17, 15) is 14.4 Å².